The molecule has 10 heteroatoms. The summed E-state index contributed by atoms with van der Waals surface area (Å²) < 4.78 is 28.1. The minimum Gasteiger partial charge on any atom is -0.481 e. The zero-order valence-electron chi connectivity index (χ0n) is 18.4. The van der Waals surface area contributed by atoms with Crippen LogP contribution in [-0.4, -0.2) is 67.4 Å². The average molecular weight is 494 g/mol. The van der Waals surface area contributed by atoms with Crippen LogP contribution in [0.3, 0.4) is 0 Å². The van der Waals surface area contributed by atoms with Gasteiger partial charge in [0.05, 0.1) is 4.90 Å². The second kappa shape index (κ2) is 9.50. The van der Waals surface area contributed by atoms with Crippen molar-refractivity contribution in [3.05, 3.63) is 53.1 Å². The molecule has 0 aromatic heterocycles. The van der Waals surface area contributed by atoms with Crippen molar-refractivity contribution in [1.29, 1.82) is 0 Å². The molecular weight excluding hydrogens is 466 g/mol. The summed E-state index contributed by atoms with van der Waals surface area (Å²) in [5.74, 6) is -0.960. The molecule has 178 valence electrons. The minimum atomic E-state index is -3.65. The number of piperazine rings is 1. The maximum atomic E-state index is 13.3. The van der Waals surface area contributed by atoms with Crippen LogP contribution in [0.4, 0.5) is 11.4 Å². The van der Waals surface area contributed by atoms with Gasteiger partial charge in [-0.05, 0) is 55.3 Å². The summed E-state index contributed by atoms with van der Waals surface area (Å²) in [6.45, 7) is 3.84. The Kier molecular flexibility index (Phi) is 6.86. The molecule has 0 bridgehead atoms. The monoisotopic (exact) mass is 493 g/mol. The Morgan fingerprint density at radius 3 is 2.55 bits per heavy atom. The van der Waals surface area contributed by atoms with Gasteiger partial charge in [0.2, 0.25) is 10.0 Å². The molecule has 2 aliphatic heterocycles. The van der Waals surface area contributed by atoms with Crippen molar-refractivity contribution in [2.45, 2.75) is 43.4 Å². The van der Waals surface area contributed by atoms with Gasteiger partial charge in [-0.2, -0.15) is 4.31 Å². The minimum absolute atomic E-state index is 0.0528. The van der Waals surface area contributed by atoms with Crippen molar-refractivity contribution in [3.63, 3.8) is 0 Å². The van der Waals surface area contributed by atoms with Crippen LogP contribution in [0.15, 0.2) is 47.4 Å². The van der Waals surface area contributed by atoms with E-state index in [1.54, 1.807) is 23.1 Å². The van der Waals surface area contributed by atoms with E-state index in [0.29, 0.717) is 37.6 Å². The Hall–Kier alpha value is -2.33. The number of carboxylic acids is 1. The van der Waals surface area contributed by atoms with E-state index in [4.69, 9.17) is 16.7 Å². The van der Waals surface area contributed by atoms with E-state index in [9.17, 15) is 18.3 Å². The largest absolute Gasteiger partial charge is 0.481 e. The number of carbonyl (C=O) groups is 1. The highest BCUT2D eigenvalue weighted by Crippen LogP contribution is 2.36. The lowest BCUT2D eigenvalue weighted by Crippen LogP contribution is -2.48. The molecule has 2 aromatic rings. The zero-order valence-corrected chi connectivity index (χ0v) is 20.0. The number of carboxylic acid groups (broad SMARTS) is 1. The van der Waals surface area contributed by atoms with Crippen LogP contribution in [-0.2, 0) is 21.2 Å². The summed E-state index contributed by atoms with van der Waals surface area (Å²) in [6.07, 6.45) is -0.367. The molecule has 1 fully saturated rings. The molecule has 2 N–H and O–H groups in total. The number of sulfonamides is 1. The summed E-state index contributed by atoms with van der Waals surface area (Å²) in [5.41, 5.74) is 2.58. The fraction of sp³-hybridized carbons (Fsp3) is 0.435. The van der Waals surface area contributed by atoms with Crippen LogP contribution < -0.4 is 9.80 Å². The summed E-state index contributed by atoms with van der Waals surface area (Å²) in [4.78, 5) is 15.0. The topological polar surface area (TPSA) is 101 Å². The molecule has 4 rings (SSSR count). The Morgan fingerprint density at radius 2 is 1.88 bits per heavy atom. The van der Waals surface area contributed by atoms with E-state index in [-0.39, 0.29) is 23.8 Å². The van der Waals surface area contributed by atoms with Crippen molar-refractivity contribution in [2.24, 2.45) is 0 Å². The predicted octanol–water partition coefficient (Wildman–Crippen LogP) is 2.79. The maximum absolute atomic E-state index is 13.3. The molecule has 0 amide bonds. The molecule has 0 radical (unpaired) electrons. The number of fused-ring (bicyclic) bond motifs is 1. The Labute approximate surface area is 199 Å². The lowest BCUT2D eigenvalue weighted by atomic mass is 10.1. The number of benzene rings is 2. The second-order valence-electron chi connectivity index (χ2n) is 8.53. The Balaban J connectivity index is 1.47. The van der Waals surface area contributed by atoms with E-state index in [0.717, 1.165) is 16.9 Å². The summed E-state index contributed by atoms with van der Waals surface area (Å²) in [7, 11) is -3.65. The molecule has 33 heavy (non-hydrogen) atoms. The fourth-order valence-corrected chi connectivity index (χ4v) is 6.30. The number of anilines is 2. The first-order chi connectivity index (χ1) is 15.7. The number of hydrogen-bond donors (Lipinski definition) is 2. The predicted molar refractivity (Wildman–Crippen MR) is 127 cm³/mol. The number of aliphatic hydroxyl groups is 1. The van der Waals surface area contributed by atoms with E-state index >= 15 is 0 Å². The van der Waals surface area contributed by atoms with Crippen molar-refractivity contribution in [2.75, 3.05) is 36.0 Å². The first-order valence-corrected chi connectivity index (χ1v) is 12.8. The highest BCUT2D eigenvalue weighted by atomic mass is 35.5. The highest BCUT2D eigenvalue weighted by molar-refractivity contribution is 7.89. The van der Waals surface area contributed by atoms with Gasteiger partial charge in [0.15, 0.2) is 0 Å². The van der Waals surface area contributed by atoms with Crippen LogP contribution in [0.2, 0.25) is 5.02 Å². The summed E-state index contributed by atoms with van der Waals surface area (Å²) in [5, 5.41) is 20.1. The summed E-state index contributed by atoms with van der Waals surface area (Å²) >= 11 is 6.08. The normalized spacial score (nSPS) is 20.0. The van der Waals surface area contributed by atoms with Gasteiger partial charge < -0.3 is 20.0 Å². The number of halogens is 1. The third kappa shape index (κ3) is 4.96. The van der Waals surface area contributed by atoms with Crippen LogP contribution in [0.5, 0.6) is 0 Å². The van der Waals surface area contributed by atoms with Gasteiger partial charge in [-0.15, -0.1) is 0 Å². The van der Waals surface area contributed by atoms with E-state index in [1.807, 2.05) is 31.2 Å². The molecule has 2 atom stereocenters. The van der Waals surface area contributed by atoms with Crippen molar-refractivity contribution in [3.8, 4) is 0 Å². The lowest BCUT2D eigenvalue weighted by Gasteiger charge is -2.35. The quantitative estimate of drug-likeness (QED) is 0.611. The number of aliphatic carboxylic acids is 1. The van der Waals surface area contributed by atoms with Gasteiger partial charge >= 0.3 is 5.97 Å². The molecule has 2 unspecified atom stereocenters. The molecule has 2 aromatic carbocycles. The standard InChI is InChI=1S/C23H28ClN3O5S/c1-16-13-17-14-20(5-6-21(17)27(16)22(28)7-8-23(29)30)33(31,32)26-11-9-25(10-12-26)19-4-2-3-18(24)15-19/h2-6,14-16,22,28H,7-13H2,1H3,(H,29,30). The van der Waals surface area contributed by atoms with Gasteiger partial charge in [0.1, 0.15) is 6.23 Å². The smallest absolute Gasteiger partial charge is 0.303 e. The van der Waals surface area contributed by atoms with Crippen molar-refractivity contribution >= 4 is 39.0 Å². The van der Waals surface area contributed by atoms with E-state index in [2.05, 4.69) is 4.90 Å². The second-order valence-corrected chi connectivity index (χ2v) is 10.9. The summed E-state index contributed by atoms with van der Waals surface area (Å²) in [6, 6.07) is 12.5. The molecular formula is C23H28ClN3O5S. The van der Waals surface area contributed by atoms with Crippen molar-refractivity contribution < 1.29 is 23.4 Å². The number of rotatable bonds is 7. The molecule has 1 saturated heterocycles. The SMILES string of the molecule is CC1Cc2cc(S(=O)(=O)N3CCN(c4cccc(Cl)c4)CC3)ccc2N1C(O)CCC(=O)O. The van der Waals surface area contributed by atoms with Crippen molar-refractivity contribution in [1.82, 2.24) is 4.31 Å². The molecule has 2 aliphatic rings. The molecule has 0 spiro atoms. The van der Waals surface area contributed by atoms with Crippen LogP contribution in [0.25, 0.3) is 0 Å². The number of hydrogen-bond acceptors (Lipinski definition) is 6. The first-order valence-electron chi connectivity index (χ1n) is 11.0. The Morgan fingerprint density at radius 1 is 1.15 bits per heavy atom. The highest BCUT2D eigenvalue weighted by Gasteiger charge is 2.34. The molecule has 0 aliphatic carbocycles. The fourth-order valence-electron chi connectivity index (χ4n) is 4.65. The van der Waals surface area contributed by atoms with Crippen LogP contribution in [0.1, 0.15) is 25.3 Å². The lowest BCUT2D eigenvalue weighted by molar-refractivity contribution is -0.137. The molecule has 2 heterocycles. The number of nitrogens with zero attached hydrogens (tertiary/aromatic N) is 3. The van der Waals surface area contributed by atoms with Crippen LogP contribution >= 0.6 is 11.6 Å². The third-order valence-corrected chi connectivity index (χ3v) is 8.44. The average Bonchev–Trinajstić information content (AvgIpc) is 3.12. The van der Waals surface area contributed by atoms with Gasteiger partial charge in [0, 0.05) is 61.5 Å². The van der Waals surface area contributed by atoms with E-state index in [1.165, 1.54) is 4.31 Å². The third-order valence-electron chi connectivity index (χ3n) is 6.31. The van der Waals surface area contributed by atoms with Gasteiger partial charge in [-0.3, -0.25) is 4.79 Å². The van der Waals surface area contributed by atoms with E-state index < -0.39 is 22.2 Å². The van der Waals surface area contributed by atoms with Crippen LogP contribution in [0, 0.1) is 0 Å². The maximum Gasteiger partial charge on any atom is 0.303 e. The van der Waals surface area contributed by atoms with Gasteiger partial charge in [-0.1, -0.05) is 17.7 Å². The molecule has 0 saturated carbocycles. The Bertz CT molecular complexity index is 1130. The van der Waals surface area contributed by atoms with Gasteiger partial charge in [-0.25, -0.2) is 8.42 Å². The molecule has 8 nitrogen and oxygen atoms in total. The van der Waals surface area contributed by atoms with Gasteiger partial charge in [0.25, 0.3) is 0 Å². The zero-order chi connectivity index (χ0) is 23.8. The number of aliphatic hydroxyl groups excluding tert-OH is 1. The first kappa shape index (κ1) is 23.8.